The Morgan fingerprint density at radius 2 is 2.18 bits per heavy atom. The number of hydrogen-bond donors (Lipinski definition) is 0. The van der Waals surface area contributed by atoms with Gasteiger partial charge in [-0.15, -0.1) is 11.3 Å². The third-order valence-electron chi connectivity index (χ3n) is 2.00. The first-order chi connectivity index (χ1) is 5.40. The van der Waals surface area contributed by atoms with Gasteiger partial charge in [0.25, 0.3) is 0 Å². The molecule has 1 aromatic heterocycles. The number of fused-ring (bicyclic) bond motifs is 1. The highest BCUT2D eigenvalue weighted by Gasteiger charge is 2.13. The van der Waals surface area contributed by atoms with Crippen LogP contribution < -0.4 is 0 Å². The van der Waals surface area contributed by atoms with E-state index in [-0.39, 0.29) is 0 Å². The van der Waals surface area contributed by atoms with Crippen LogP contribution in [0.4, 0.5) is 0 Å². The molecular formula is C8H10BrNS. The van der Waals surface area contributed by atoms with Crippen LogP contribution in [0, 0.1) is 0 Å². The molecule has 0 saturated carbocycles. The highest BCUT2D eigenvalue weighted by atomic mass is 79.9. The Kier molecular flexibility index (Phi) is 2.28. The number of halogens is 1. The van der Waals surface area contributed by atoms with Gasteiger partial charge in [-0.3, -0.25) is 0 Å². The lowest BCUT2D eigenvalue weighted by molar-refractivity contribution is 0.681. The third-order valence-corrected chi connectivity index (χ3v) is 4.06. The molecule has 11 heavy (non-hydrogen) atoms. The quantitative estimate of drug-likeness (QED) is 0.678. The number of hydrogen-bond acceptors (Lipinski definition) is 2. The molecule has 0 aromatic carbocycles. The molecule has 60 valence electrons. The standard InChI is InChI=1S/C8H10BrNS/c9-5-8-10-6-3-1-2-4-7(6)11-8/h1-5H2. The van der Waals surface area contributed by atoms with Gasteiger partial charge in [0.15, 0.2) is 0 Å². The molecule has 0 bridgehead atoms. The van der Waals surface area contributed by atoms with E-state index in [9.17, 15) is 0 Å². The highest BCUT2D eigenvalue weighted by molar-refractivity contribution is 9.08. The van der Waals surface area contributed by atoms with E-state index in [0.29, 0.717) is 0 Å². The molecule has 0 atom stereocenters. The van der Waals surface area contributed by atoms with E-state index in [0.717, 1.165) is 5.33 Å². The van der Waals surface area contributed by atoms with Crippen LogP contribution in [0.15, 0.2) is 0 Å². The van der Waals surface area contributed by atoms with Crippen molar-refractivity contribution in [3.05, 3.63) is 15.6 Å². The smallest absolute Gasteiger partial charge is 0.104 e. The predicted molar refractivity (Wildman–Crippen MR) is 51.4 cm³/mol. The summed E-state index contributed by atoms with van der Waals surface area (Å²) in [5, 5.41) is 2.17. The van der Waals surface area contributed by atoms with Crippen LogP contribution in [0.1, 0.15) is 28.4 Å². The zero-order valence-electron chi connectivity index (χ0n) is 6.27. The van der Waals surface area contributed by atoms with Gasteiger partial charge in [0.2, 0.25) is 0 Å². The van der Waals surface area contributed by atoms with Gasteiger partial charge >= 0.3 is 0 Å². The number of aromatic nitrogens is 1. The Labute approximate surface area is 79.0 Å². The fourth-order valence-corrected chi connectivity index (χ4v) is 2.94. The topological polar surface area (TPSA) is 12.9 Å². The normalized spacial score (nSPS) is 16.5. The molecule has 2 rings (SSSR count). The molecule has 1 nitrogen and oxygen atoms in total. The molecule has 1 heterocycles. The summed E-state index contributed by atoms with van der Waals surface area (Å²) in [5.41, 5.74) is 1.37. The maximum absolute atomic E-state index is 4.54. The van der Waals surface area contributed by atoms with Gasteiger partial charge in [0, 0.05) is 4.88 Å². The summed E-state index contributed by atoms with van der Waals surface area (Å²) < 4.78 is 0. The van der Waals surface area contributed by atoms with E-state index in [1.165, 1.54) is 41.3 Å². The third kappa shape index (κ3) is 1.49. The molecular weight excluding hydrogens is 222 g/mol. The second-order valence-corrected chi connectivity index (χ2v) is 4.55. The highest BCUT2D eigenvalue weighted by Crippen LogP contribution is 2.27. The Hall–Kier alpha value is 0.110. The summed E-state index contributed by atoms with van der Waals surface area (Å²) in [5.74, 6) is 0. The van der Waals surface area contributed by atoms with Crippen molar-refractivity contribution in [1.82, 2.24) is 4.98 Å². The molecule has 0 radical (unpaired) electrons. The van der Waals surface area contributed by atoms with Gasteiger partial charge in [-0.05, 0) is 25.7 Å². The van der Waals surface area contributed by atoms with Crippen LogP contribution in [0.25, 0.3) is 0 Å². The van der Waals surface area contributed by atoms with Crippen LogP contribution in [-0.4, -0.2) is 4.98 Å². The first-order valence-electron chi connectivity index (χ1n) is 3.93. The largest absolute Gasteiger partial charge is 0.245 e. The SMILES string of the molecule is BrCc1nc2c(s1)CCCC2. The number of thiazole rings is 1. The van der Waals surface area contributed by atoms with Crippen LogP contribution >= 0.6 is 27.3 Å². The molecule has 1 aromatic rings. The lowest BCUT2D eigenvalue weighted by Crippen LogP contribution is -1.98. The number of rotatable bonds is 1. The first-order valence-corrected chi connectivity index (χ1v) is 5.87. The molecule has 3 heteroatoms. The van der Waals surface area contributed by atoms with Crippen molar-refractivity contribution in [3.8, 4) is 0 Å². The van der Waals surface area contributed by atoms with Gasteiger partial charge < -0.3 is 0 Å². The van der Waals surface area contributed by atoms with Crippen molar-refractivity contribution in [1.29, 1.82) is 0 Å². The Balaban J connectivity index is 2.32. The van der Waals surface area contributed by atoms with Crippen molar-refractivity contribution in [2.75, 3.05) is 0 Å². The summed E-state index contributed by atoms with van der Waals surface area (Å²) >= 11 is 5.31. The minimum atomic E-state index is 0.921. The second kappa shape index (κ2) is 3.23. The van der Waals surface area contributed by atoms with Crippen LogP contribution in [0.5, 0.6) is 0 Å². The van der Waals surface area contributed by atoms with E-state index in [4.69, 9.17) is 0 Å². The van der Waals surface area contributed by atoms with Crippen LogP contribution in [0.2, 0.25) is 0 Å². The van der Waals surface area contributed by atoms with Gasteiger partial charge in [0.1, 0.15) is 5.01 Å². The number of aryl methyl sites for hydroxylation is 2. The lowest BCUT2D eigenvalue weighted by Gasteiger charge is -2.06. The fraction of sp³-hybridized carbons (Fsp3) is 0.625. The maximum Gasteiger partial charge on any atom is 0.104 e. The summed E-state index contributed by atoms with van der Waals surface area (Å²) in [6.07, 6.45) is 5.16. The average Bonchev–Trinajstić information content (AvgIpc) is 2.46. The van der Waals surface area contributed by atoms with E-state index >= 15 is 0 Å². The maximum atomic E-state index is 4.54. The van der Waals surface area contributed by atoms with E-state index in [2.05, 4.69) is 20.9 Å². The van der Waals surface area contributed by atoms with E-state index < -0.39 is 0 Å². The van der Waals surface area contributed by atoms with Gasteiger partial charge in [-0.25, -0.2) is 4.98 Å². The number of nitrogens with zero attached hydrogens (tertiary/aromatic N) is 1. The first kappa shape index (κ1) is 7.74. The molecule has 0 amide bonds. The minimum Gasteiger partial charge on any atom is -0.245 e. The van der Waals surface area contributed by atoms with Crippen molar-refractivity contribution >= 4 is 27.3 Å². The Morgan fingerprint density at radius 3 is 2.91 bits per heavy atom. The van der Waals surface area contributed by atoms with Gasteiger partial charge in [-0.1, -0.05) is 15.9 Å². The molecule has 0 fully saturated rings. The zero-order chi connectivity index (χ0) is 7.68. The minimum absolute atomic E-state index is 0.921. The summed E-state index contributed by atoms with van der Waals surface area (Å²) in [7, 11) is 0. The predicted octanol–water partition coefficient (Wildman–Crippen LogP) is 2.92. The van der Waals surface area contributed by atoms with Crippen molar-refractivity contribution in [3.63, 3.8) is 0 Å². The van der Waals surface area contributed by atoms with Crippen molar-refractivity contribution in [2.45, 2.75) is 31.0 Å². The molecule has 1 aliphatic rings. The second-order valence-electron chi connectivity index (χ2n) is 2.82. The molecule has 0 saturated heterocycles. The van der Waals surface area contributed by atoms with E-state index in [1.54, 1.807) is 0 Å². The summed E-state index contributed by atoms with van der Waals surface area (Å²) in [6, 6.07) is 0. The zero-order valence-corrected chi connectivity index (χ0v) is 8.67. The molecule has 1 aliphatic carbocycles. The molecule has 0 spiro atoms. The Bertz CT molecular complexity index is 233. The van der Waals surface area contributed by atoms with Gasteiger partial charge in [-0.2, -0.15) is 0 Å². The van der Waals surface area contributed by atoms with Gasteiger partial charge in [0.05, 0.1) is 11.0 Å². The van der Waals surface area contributed by atoms with Crippen LogP contribution in [-0.2, 0) is 18.2 Å². The Morgan fingerprint density at radius 1 is 1.36 bits per heavy atom. The van der Waals surface area contributed by atoms with Crippen LogP contribution in [0.3, 0.4) is 0 Å². The lowest BCUT2D eigenvalue weighted by atomic mass is 10.0. The monoisotopic (exact) mass is 231 g/mol. The number of alkyl halides is 1. The molecule has 0 N–H and O–H groups in total. The van der Waals surface area contributed by atoms with E-state index in [1.807, 2.05) is 11.3 Å². The average molecular weight is 232 g/mol. The van der Waals surface area contributed by atoms with Crippen molar-refractivity contribution < 1.29 is 0 Å². The fourth-order valence-electron chi connectivity index (χ4n) is 1.46. The molecule has 0 unspecified atom stereocenters. The van der Waals surface area contributed by atoms with Crippen molar-refractivity contribution in [2.24, 2.45) is 0 Å². The summed E-state index contributed by atoms with van der Waals surface area (Å²) in [4.78, 5) is 6.07. The molecule has 0 aliphatic heterocycles. The summed E-state index contributed by atoms with van der Waals surface area (Å²) in [6.45, 7) is 0.